The largest absolute Gasteiger partial charge is 0.320 e. The van der Waals surface area contributed by atoms with E-state index in [1.807, 2.05) is 6.92 Å². The molecule has 2 rings (SSSR count). The Bertz CT molecular complexity index is 326. The summed E-state index contributed by atoms with van der Waals surface area (Å²) in [6.45, 7) is 5.09. The van der Waals surface area contributed by atoms with Crippen molar-refractivity contribution in [1.29, 1.82) is 0 Å². The second-order valence-electron chi connectivity index (χ2n) is 3.22. The van der Waals surface area contributed by atoms with E-state index in [-0.39, 0.29) is 17.0 Å². The van der Waals surface area contributed by atoms with E-state index in [0.717, 1.165) is 29.6 Å². The summed E-state index contributed by atoms with van der Waals surface area (Å²) in [6.07, 6.45) is 2.24. The molecule has 0 radical (unpaired) electrons. The molecule has 5 heteroatoms. The molecule has 0 unspecified atom stereocenters. The highest BCUT2D eigenvalue weighted by molar-refractivity contribution is 8.93. The van der Waals surface area contributed by atoms with E-state index in [1.165, 1.54) is 11.3 Å². The average molecular weight is 276 g/mol. The zero-order valence-electron chi connectivity index (χ0n) is 8.33. The van der Waals surface area contributed by atoms with Gasteiger partial charge in [0.2, 0.25) is 0 Å². The zero-order valence-corrected chi connectivity index (χ0v) is 10.9. The van der Waals surface area contributed by atoms with Gasteiger partial charge in [-0.15, -0.1) is 28.3 Å². The number of hydrogen-bond donors (Lipinski definition) is 1. The standard InChI is InChI=1S/C9H13N3S.BrH/c1-6-7(2)13-9(11-6)12-8-4-3-5-10-8;/h3-5H2,1-2H3,(H,10,11,12);1H. The van der Waals surface area contributed by atoms with E-state index < -0.39 is 0 Å². The molecule has 0 spiro atoms. The molecule has 1 aromatic heterocycles. The van der Waals surface area contributed by atoms with Crippen LogP contribution in [0.5, 0.6) is 0 Å². The maximum absolute atomic E-state index is 4.40. The van der Waals surface area contributed by atoms with E-state index >= 15 is 0 Å². The van der Waals surface area contributed by atoms with Gasteiger partial charge in [0.25, 0.3) is 0 Å². The Hall–Kier alpha value is -0.420. The Morgan fingerprint density at radius 2 is 2.14 bits per heavy atom. The average Bonchev–Trinajstić information content (AvgIpc) is 2.64. The number of anilines is 1. The molecule has 0 fully saturated rings. The van der Waals surface area contributed by atoms with Gasteiger partial charge in [0, 0.05) is 17.8 Å². The van der Waals surface area contributed by atoms with Gasteiger partial charge in [-0.1, -0.05) is 0 Å². The highest BCUT2D eigenvalue weighted by Crippen LogP contribution is 2.22. The predicted octanol–water partition coefficient (Wildman–Crippen LogP) is 2.94. The molecule has 78 valence electrons. The molecule has 0 atom stereocenters. The second-order valence-corrected chi connectivity index (χ2v) is 4.42. The molecule has 1 aliphatic rings. The number of halogens is 1. The molecule has 1 aromatic rings. The molecular formula is C9H14BrN3S. The summed E-state index contributed by atoms with van der Waals surface area (Å²) >= 11 is 1.70. The molecule has 14 heavy (non-hydrogen) atoms. The maximum Gasteiger partial charge on any atom is 0.188 e. The van der Waals surface area contributed by atoms with Crippen molar-refractivity contribution in [3.63, 3.8) is 0 Å². The van der Waals surface area contributed by atoms with E-state index in [0.29, 0.717) is 0 Å². The Morgan fingerprint density at radius 1 is 1.36 bits per heavy atom. The number of aromatic nitrogens is 1. The SMILES string of the molecule is Br.Cc1nc(NC2=NCCC2)sc1C. The van der Waals surface area contributed by atoms with Gasteiger partial charge in [0.1, 0.15) is 5.84 Å². The normalized spacial score (nSPS) is 14.9. The molecule has 0 saturated carbocycles. The van der Waals surface area contributed by atoms with Crippen LogP contribution in [0, 0.1) is 13.8 Å². The van der Waals surface area contributed by atoms with Gasteiger partial charge in [-0.25, -0.2) is 4.98 Å². The van der Waals surface area contributed by atoms with E-state index in [1.54, 1.807) is 11.3 Å². The summed E-state index contributed by atoms with van der Waals surface area (Å²) in [4.78, 5) is 10.0. The van der Waals surface area contributed by atoms with Crippen LogP contribution in [0.15, 0.2) is 4.99 Å². The summed E-state index contributed by atoms with van der Waals surface area (Å²) in [6, 6.07) is 0. The number of aliphatic imine (C=N–C) groups is 1. The lowest BCUT2D eigenvalue weighted by Crippen LogP contribution is -2.07. The van der Waals surface area contributed by atoms with Crippen LogP contribution in [0.2, 0.25) is 0 Å². The molecule has 1 N–H and O–H groups in total. The fraction of sp³-hybridized carbons (Fsp3) is 0.556. The fourth-order valence-electron chi connectivity index (χ4n) is 1.29. The van der Waals surface area contributed by atoms with Crippen molar-refractivity contribution in [2.45, 2.75) is 26.7 Å². The highest BCUT2D eigenvalue weighted by atomic mass is 79.9. The van der Waals surface area contributed by atoms with Crippen molar-refractivity contribution < 1.29 is 0 Å². The van der Waals surface area contributed by atoms with Gasteiger partial charge in [0.05, 0.1) is 5.69 Å². The Kier molecular flexibility index (Phi) is 4.07. The van der Waals surface area contributed by atoms with Crippen LogP contribution in [0.25, 0.3) is 0 Å². The minimum Gasteiger partial charge on any atom is -0.320 e. The minimum atomic E-state index is 0. The van der Waals surface area contributed by atoms with Gasteiger partial charge in [-0.2, -0.15) is 0 Å². The first kappa shape index (κ1) is 11.7. The highest BCUT2D eigenvalue weighted by Gasteiger charge is 2.09. The molecule has 0 saturated heterocycles. The molecule has 0 amide bonds. The van der Waals surface area contributed by atoms with Crippen LogP contribution in [0.1, 0.15) is 23.4 Å². The van der Waals surface area contributed by atoms with Gasteiger partial charge in [-0.05, 0) is 20.3 Å². The number of rotatable bonds is 1. The number of nitrogens with zero attached hydrogens (tertiary/aromatic N) is 2. The lowest BCUT2D eigenvalue weighted by Gasteiger charge is -1.98. The van der Waals surface area contributed by atoms with E-state index in [2.05, 4.69) is 22.2 Å². The lowest BCUT2D eigenvalue weighted by atomic mass is 10.3. The summed E-state index contributed by atoms with van der Waals surface area (Å²) in [7, 11) is 0. The second kappa shape index (κ2) is 4.89. The third-order valence-electron chi connectivity index (χ3n) is 2.15. The molecule has 0 aliphatic carbocycles. The van der Waals surface area contributed by atoms with Gasteiger partial charge >= 0.3 is 0 Å². The van der Waals surface area contributed by atoms with Crippen LogP contribution < -0.4 is 5.32 Å². The van der Waals surface area contributed by atoms with Gasteiger partial charge < -0.3 is 5.32 Å². The fourth-order valence-corrected chi connectivity index (χ4v) is 2.13. The molecule has 0 bridgehead atoms. The van der Waals surface area contributed by atoms with Crippen molar-refractivity contribution in [3.8, 4) is 0 Å². The Morgan fingerprint density at radius 3 is 2.64 bits per heavy atom. The first-order valence-electron chi connectivity index (χ1n) is 4.50. The molecule has 2 heterocycles. The van der Waals surface area contributed by atoms with Crippen molar-refractivity contribution in [3.05, 3.63) is 10.6 Å². The third-order valence-corrected chi connectivity index (χ3v) is 3.14. The van der Waals surface area contributed by atoms with Crippen LogP contribution in [0.4, 0.5) is 5.13 Å². The number of nitrogens with one attached hydrogen (secondary N) is 1. The summed E-state index contributed by atoms with van der Waals surface area (Å²) in [5, 5.41) is 4.24. The molecule has 0 aromatic carbocycles. The minimum absolute atomic E-state index is 0. The van der Waals surface area contributed by atoms with E-state index in [9.17, 15) is 0 Å². The van der Waals surface area contributed by atoms with Crippen LogP contribution >= 0.6 is 28.3 Å². The third kappa shape index (κ3) is 2.54. The predicted molar refractivity (Wildman–Crippen MR) is 67.1 cm³/mol. The quantitative estimate of drug-likeness (QED) is 0.856. The maximum atomic E-state index is 4.40. The smallest absolute Gasteiger partial charge is 0.188 e. The number of thiazole rings is 1. The van der Waals surface area contributed by atoms with Crippen molar-refractivity contribution in [2.24, 2.45) is 4.99 Å². The molecule has 1 aliphatic heterocycles. The van der Waals surface area contributed by atoms with Gasteiger partial charge in [0.15, 0.2) is 5.13 Å². The number of hydrogen-bond acceptors (Lipinski definition) is 4. The summed E-state index contributed by atoms with van der Waals surface area (Å²) < 4.78 is 0. The first-order chi connectivity index (χ1) is 6.25. The topological polar surface area (TPSA) is 37.3 Å². The summed E-state index contributed by atoms with van der Waals surface area (Å²) in [5.74, 6) is 1.09. The van der Waals surface area contributed by atoms with Gasteiger partial charge in [-0.3, -0.25) is 4.99 Å². The first-order valence-corrected chi connectivity index (χ1v) is 5.32. The van der Waals surface area contributed by atoms with Crippen molar-refractivity contribution in [1.82, 2.24) is 4.98 Å². The lowest BCUT2D eigenvalue weighted by molar-refractivity contribution is 0.951. The van der Waals surface area contributed by atoms with E-state index in [4.69, 9.17) is 0 Å². The molecular weight excluding hydrogens is 262 g/mol. The van der Waals surface area contributed by atoms with Crippen LogP contribution in [-0.4, -0.2) is 17.4 Å². The Labute approximate surface area is 98.4 Å². The van der Waals surface area contributed by atoms with Crippen LogP contribution in [-0.2, 0) is 0 Å². The zero-order chi connectivity index (χ0) is 9.26. The number of amidine groups is 1. The van der Waals surface area contributed by atoms with Crippen LogP contribution in [0.3, 0.4) is 0 Å². The number of aryl methyl sites for hydroxylation is 2. The van der Waals surface area contributed by atoms with Crippen molar-refractivity contribution in [2.75, 3.05) is 11.9 Å². The summed E-state index contributed by atoms with van der Waals surface area (Å²) in [5.41, 5.74) is 1.12. The van der Waals surface area contributed by atoms with Crippen molar-refractivity contribution >= 4 is 39.3 Å². The Balaban J connectivity index is 0.000000980. The molecule has 3 nitrogen and oxygen atoms in total. The monoisotopic (exact) mass is 275 g/mol.